The van der Waals surface area contributed by atoms with Crippen molar-refractivity contribution in [2.45, 2.75) is 38.1 Å². The van der Waals surface area contributed by atoms with E-state index in [1.54, 1.807) is 0 Å². The summed E-state index contributed by atoms with van der Waals surface area (Å²) in [5.74, 6) is 0. The van der Waals surface area contributed by atoms with Gasteiger partial charge in [0.15, 0.2) is 0 Å². The monoisotopic (exact) mass is 668 g/mol. The lowest BCUT2D eigenvalue weighted by Crippen LogP contribution is -2.31. The molecule has 52 heavy (non-hydrogen) atoms. The lowest BCUT2D eigenvalue weighted by atomic mass is 9.82. The van der Waals surface area contributed by atoms with Gasteiger partial charge < -0.3 is 9.80 Å². The molecule has 1 unspecified atom stereocenters. The van der Waals surface area contributed by atoms with Crippen LogP contribution in [0, 0.1) is 0 Å². The standard InChI is InChI=1S/C50H40N2/c1-50(2)45-21-12-11-19-41(45)42-30-29-39(33-46(42)50)51(47-23-13-15-35-14-9-10-18-40(35)47)38-27-24-34(25-28-38)36-26-31-49-44(32-36)43-20-7-4-8-22-48(43)52(49)37-16-5-3-6-17-37/h3,5-30,32-33,49H,4,31H2,1-2H3. The van der Waals surface area contributed by atoms with Gasteiger partial charge in [0.2, 0.25) is 0 Å². The van der Waals surface area contributed by atoms with Gasteiger partial charge in [-0.3, -0.25) is 0 Å². The maximum absolute atomic E-state index is 2.53. The minimum atomic E-state index is -0.0804. The topological polar surface area (TPSA) is 6.48 Å². The summed E-state index contributed by atoms with van der Waals surface area (Å²) >= 11 is 0. The maximum atomic E-state index is 2.53. The maximum Gasteiger partial charge on any atom is 0.0633 e. The van der Waals surface area contributed by atoms with Gasteiger partial charge >= 0.3 is 0 Å². The van der Waals surface area contributed by atoms with Crippen molar-refractivity contribution in [3.8, 4) is 11.1 Å². The number of para-hydroxylation sites is 1. The average molecular weight is 669 g/mol. The van der Waals surface area contributed by atoms with E-state index in [4.69, 9.17) is 0 Å². The Kier molecular flexibility index (Phi) is 7.08. The number of benzene rings is 6. The molecule has 0 saturated carbocycles. The summed E-state index contributed by atoms with van der Waals surface area (Å²) in [6.07, 6.45) is 16.0. The minimum absolute atomic E-state index is 0.0804. The third-order valence-electron chi connectivity index (χ3n) is 11.5. The van der Waals surface area contributed by atoms with Crippen LogP contribution in [0.15, 0.2) is 193 Å². The third kappa shape index (κ3) is 4.78. The zero-order chi connectivity index (χ0) is 34.8. The molecule has 6 aromatic rings. The fourth-order valence-electron chi connectivity index (χ4n) is 9.00. The van der Waals surface area contributed by atoms with E-state index < -0.39 is 0 Å². The van der Waals surface area contributed by atoms with Crippen LogP contribution in [-0.4, -0.2) is 6.04 Å². The van der Waals surface area contributed by atoms with Crippen LogP contribution >= 0.6 is 0 Å². The zero-order valence-corrected chi connectivity index (χ0v) is 29.6. The Bertz CT molecular complexity index is 2540. The third-order valence-corrected chi connectivity index (χ3v) is 11.5. The summed E-state index contributed by atoms with van der Waals surface area (Å²) in [4.78, 5) is 4.98. The Morgan fingerprint density at radius 3 is 2.27 bits per heavy atom. The molecule has 0 radical (unpaired) electrons. The first-order chi connectivity index (χ1) is 25.6. The van der Waals surface area contributed by atoms with Crippen molar-refractivity contribution < 1.29 is 0 Å². The summed E-state index contributed by atoms with van der Waals surface area (Å²) < 4.78 is 0. The fraction of sp³-hybridized carbons (Fsp3) is 0.120. The summed E-state index contributed by atoms with van der Waals surface area (Å²) in [5.41, 5.74) is 16.7. The first-order valence-electron chi connectivity index (χ1n) is 18.5. The molecule has 2 nitrogen and oxygen atoms in total. The van der Waals surface area contributed by atoms with Crippen LogP contribution in [0.3, 0.4) is 0 Å². The van der Waals surface area contributed by atoms with Crippen LogP contribution < -0.4 is 9.80 Å². The molecule has 1 heterocycles. The van der Waals surface area contributed by atoms with Gasteiger partial charge in [0.05, 0.1) is 11.7 Å². The van der Waals surface area contributed by atoms with E-state index in [9.17, 15) is 0 Å². The zero-order valence-electron chi connectivity index (χ0n) is 29.6. The Labute approximate surface area is 306 Å². The Morgan fingerprint density at radius 1 is 0.654 bits per heavy atom. The van der Waals surface area contributed by atoms with Gasteiger partial charge in [0.1, 0.15) is 0 Å². The molecule has 3 aliphatic carbocycles. The lowest BCUT2D eigenvalue weighted by molar-refractivity contribution is 0.660. The molecule has 2 heteroatoms. The van der Waals surface area contributed by atoms with E-state index in [1.165, 1.54) is 78.1 Å². The second-order valence-electron chi connectivity index (χ2n) is 14.8. The number of rotatable bonds is 5. The number of allylic oxidation sites excluding steroid dienone is 6. The van der Waals surface area contributed by atoms with Crippen molar-refractivity contribution in [3.05, 3.63) is 210 Å². The van der Waals surface area contributed by atoms with Crippen molar-refractivity contribution in [2.75, 3.05) is 9.80 Å². The first kappa shape index (κ1) is 30.7. The predicted octanol–water partition coefficient (Wildman–Crippen LogP) is 13.0. The molecule has 0 amide bonds. The smallest absolute Gasteiger partial charge is 0.0633 e. The molecule has 4 aliphatic rings. The Hall–Kier alpha value is -6.12. The first-order valence-corrected chi connectivity index (χ1v) is 18.5. The van der Waals surface area contributed by atoms with Crippen LogP contribution in [0.25, 0.3) is 27.5 Å². The molecule has 0 spiro atoms. The molecule has 0 aromatic heterocycles. The van der Waals surface area contributed by atoms with Crippen LogP contribution in [0.5, 0.6) is 0 Å². The van der Waals surface area contributed by atoms with Crippen LogP contribution in [-0.2, 0) is 5.41 Å². The molecule has 250 valence electrons. The highest BCUT2D eigenvalue weighted by Crippen LogP contribution is 2.51. The molecular formula is C50H40N2. The number of nitrogens with zero attached hydrogens (tertiary/aromatic N) is 2. The highest BCUT2D eigenvalue weighted by Gasteiger charge is 2.37. The van der Waals surface area contributed by atoms with Gasteiger partial charge in [0.25, 0.3) is 0 Å². The number of fused-ring (bicyclic) bond motifs is 6. The molecule has 0 fully saturated rings. The van der Waals surface area contributed by atoms with Crippen molar-refractivity contribution >= 4 is 39.1 Å². The van der Waals surface area contributed by atoms with Gasteiger partial charge in [-0.1, -0.05) is 135 Å². The summed E-state index contributed by atoms with van der Waals surface area (Å²) in [6, 6.07) is 51.7. The van der Waals surface area contributed by atoms with E-state index in [-0.39, 0.29) is 5.41 Å². The molecule has 1 atom stereocenters. The van der Waals surface area contributed by atoms with Crippen LogP contribution in [0.1, 0.15) is 43.4 Å². The van der Waals surface area contributed by atoms with E-state index in [0.29, 0.717) is 6.04 Å². The average Bonchev–Trinajstić information content (AvgIpc) is 3.47. The Balaban J connectivity index is 1.06. The number of anilines is 4. The highest BCUT2D eigenvalue weighted by atomic mass is 15.2. The van der Waals surface area contributed by atoms with Gasteiger partial charge in [0, 0.05) is 39.1 Å². The highest BCUT2D eigenvalue weighted by molar-refractivity contribution is 5.99. The largest absolute Gasteiger partial charge is 0.333 e. The van der Waals surface area contributed by atoms with Crippen LogP contribution in [0.4, 0.5) is 22.7 Å². The quantitative estimate of drug-likeness (QED) is 0.180. The molecule has 1 aliphatic heterocycles. The van der Waals surface area contributed by atoms with Crippen molar-refractivity contribution in [2.24, 2.45) is 0 Å². The number of hydrogen-bond donors (Lipinski definition) is 0. The minimum Gasteiger partial charge on any atom is -0.333 e. The van der Waals surface area contributed by atoms with E-state index in [2.05, 4.69) is 200 Å². The van der Waals surface area contributed by atoms with Gasteiger partial charge in [-0.05, 0) is 112 Å². The Morgan fingerprint density at radius 2 is 1.38 bits per heavy atom. The van der Waals surface area contributed by atoms with E-state index in [1.807, 2.05) is 0 Å². The lowest BCUT2D eigenvalue weighted by Gasteiger charge is -2.31. The van der Waals surface area contributed by atoms with Crippen molar-refractivity contribution in [1.82, 2.24) is 0 Å². The molecule has 0 bridgehead atoms. The van der Waals surface area contributed by atoms with Crippen LogP contribution in [0.2, 0.25) is 0 Å². The second kappa shape index (κ2) is 12.0. The molecule has 0 N–H and O–H groups in total. The fourth-order valence-corrected chi connectivity index (χ4v) is 9.00. The molecule has 0 saturated heterocycles. The van der Waals surface area contributed by atoms with Gasteiger partial charge in [-0.25, -0.2) is 0 Å². The summed E-state index contributed by atoms with van der Waals surface area (Å²) in [6.45, 7) is 4.72. The number of hydrogen-bond acceptors (Lipinski definition) is 2. The van der Waals surface area contributed by atoms with E-state index >= 15 is 0 Å². The van der Waals surface area contributed by atoms with Crippen molar-refractivity contribution in [1.29, 1.82) is 0 Å². The van der Waals surface area contributed by atoms with Gasteiger partial charge in [-0.2, -0.15) is 0 Å². The molecular weight excluding hydrogens is 629 g/mol. The van der Waals surface area contributed by atoms with Crippen molar-refractivity contribution in [3.63, 3.8) is 0 Å². The normalized spacial score (nSPS) is 18.0. The second-order valence-corrected chi connectivity index (χ2v) is 14.8. The summed E-state index contributed by atoms with van der Waals surface area (Å²) in [7, 11) is 0. The molecule has 6 aromatic carbocycles. The van der Waals surface area contributed by atoms with E-state index in [0.717, 1.165) is 18.5 Å². The predicted molar refractivity (Wildman–Crippen MR) is 220 cm³/mol. The molecule has 10 rings (SSSR count). The summed E-state index contributed by atoms with van der Waals surface area (Å²) in [5, 5.41) is 2.47. The SMILES string of the molecule is CC1(C)c2ccccc2-c2ccc(N(c3ccc(C4=CCC5C(=C4)C4=C(C=CCC=C4)N5c4ccccc4)cc3)c3cccc4ccccc34)cc21. The van der Waals surface area contributed by atoms with Gasteiger partial charge in [-0.15, -0.1) is 0 Å².